The highest BCUT2D eigenvalue weighted by Crippen LogP contribution is 2.24. The molecule has 3 rings (SSSR count). The topological polar surface area (TPSA) is 50.7 Å². The van der Waals surface area contributed by atoms with Crippen LogP contribution in [0.15, 0.2) is 24.3 Å². The molecule has 0 atom stereocenters. The molecule has 0 radical (unpaired) electrons. The van der Waals surface area contributed by atoms with E-state index in [1.54, 1.807) is 14.2 Å². The van der Waals surface area contributed by atoms with Gasteiger partial charge in [-0.3, -0.25) is 4.90 Å². The lowest BCUT2D eigenvalue weighted by Gasteiger charge is -2.35. The molecule has 0 spiro atoms. The predicted octanol–water partition coefficient (Wildman–Crippen LogP) is 2.69. The molecule has 0 N–H and O–H groups in total. The number of aryl methyl sites for hydroxylation is 2. The molecule has 0 amide bonds. The lowest BCUT2D eigenvalue weighted by atomic mass is 10.1. The van der Waals surface area contributed by atoms with Gasteiger partial charge in [0.2, 0.25) is 0 Å². The first-order chi connectivity index (χ1) is 12.6. The molecule has 6 nitrogen and oxygen atoms in total. The number of hydrogen-bond acceptors (Lipinski definition) is 6. The molecular weight excluding hydrogens is 328 g/mol. The van der Waals surface area contributed by atoms with E-state index in [2.05, 4.69) is 44.9 Å². The minimum absolute atomic E-state index is 0.835. The Labute approximate surface area is 155 Å². The van der Waals surface area contributed by atoms with Crippen molar-refractivity contribution in [2.45, 2.75) is 26.8 Å². The van der Waals surface area contributed by atoms with Gasteiger partial charge in [0.1, 0.15) is 23.1 Å². The Balaban J connectivity index is 1.63. The van der Waals surface area contributed by atoms with Crippen LogP contribution in [0.25, 0.3) is 0 Å². The first-order valence-corrected chi connectivity index (χ1v) is 9.15. The Bertz CT molecular complexity index is 720. The largest absolute Gasteiger partial charge is 0.497 e. The summed E-state index contributed by atoms with van der Waals surface area (Å²) in [6, 6.07) is 8.19. The normalized spacial score (nSPS) is 15.2. The Morgan fingerprint density at radius 2 is 1.58 bits per heavy atom. The molecule has 2 heterocycles. The monoisotopic (exact) mass is 356 g/mol. The van der Waals surface area contributed by atoms with Crippen molar-refractivity contribution in [1.82, 2.24) is 14.9 Å². The molecule has 1 aliphatic rings. The maximum atomic E-state index is 5.37. The lowest BCUT2D eigenvalue weighted by Crippen LogP contribution is -2.46. The van der Waals surface area contributed by atoms with Crippen LogP contribution in [0.5, 0.6) is 11.5 Å². The molecule has 26 heavy (non-hydrogen) atoms. The summed E-state index contributed by atoms with van der Waals surface area (Å²) in [4.78, 5) is 13.9. The lowest BCUT2D eigenvalue weighted by molar-refractivity contribution is 0.248. The van der Waals surface area contributed by atoms with E-state index in [1.807, 2.05) is 13.0 Å². The molecule has 6 heteroatoms. The third kappa shape index (κ3) is 4.43. The molecule has 1 fully saturated rings. The highest BCUT2D eigenvalue weighted by molar-refractivity contribution is 5.41. The van der Waals surface area contributed by atoms with E-state index in [0.717, 1.165) is 68.0 Å². The number of methoxy groups -OCH3 is 2. The third-order valence-corrected chi connectivity index (χ3v) is 4.75. The van der Waals surface area contributed by atoms with Gasteiger partial charge in [-0.05, 0) is 31.0 Å². The maximum Gasteiger partial charge on any atom is 0.132 e. The number of nitrogens with zero attached hydrogens (tertiary/aromatic N) is 4. The smallest absolute Gasteiger partial charge is 0.132 e. The summed E-state index contributed by atoms with van der Waals surface area (Å²) < 4.78 is 10.7. The molecule has 0 unspecified atom stereocenters. The van der Waals surface area contributed by atoms with E-state index in [0.29, 0.717) is 0 Å². The summed E-state index contributed by atoms with van der Waals surface area (Å²) in [5.41, 5.74) is 2.32. The van der Waals surface area contributed by atoms with Gasteiger partial charge in [-0.1, -0.05) is 6.92 Å². The summed E-state index contributed by atoms with van der Waals surface area (Å²) >= 11 is 0. The van der Waals surface area contributed by atoms with Crippen molar-refractivity contribution in [3.05, 3.63) is 41.3 Å². The van der Waals surface area contributed by atoms with E-state index < -0.39 is 0 Å². The number of hydrogen-bond donors (Lipinski definition) is 0. The molecule has 0 bridgehead atoms. The van der Waals surface area contributed by atoms with Gasteiger partial charge in [0, 0.05) is 50.6 Å². The van der Waals surface area contributed by atoms with Crippen molar-refractivity contribution in [3.8, 4) is 11.5 Å². The van der Waals surface area contributed by atoms with Crippen LogP contribution in [-0.4, -0.2) is 55.3 Å². The van der Waals surface area contributed by atoms with E-state index in [-0.39, 0.29) is 0 Å². The van der Waals surface area contributed by atoms with E-state index in [4.69, 9.17) is 9.47 Å². The minimum atomic E-state index is 0.835. The number of aromatic nitrogens is 2. The molecule has 140 valence electrons. The molecular formula is C20H28N4O2. The van der Waals surface area contributed by atoms with Crippen LogP contribution < -0.4 is 14.4 Å². The van der Waals surface area contributed by atoms with E-state index >= 15 is 0 Å². The van der Waals surface area contributed by atoms with Crippen LogP contribution in [0.1, 0.15) is 24.0 Å². The van der Waals surface area contributed by atoms with Crippen molar-refractivity contribution in [2.75, 3.05) is 45.3 Å². The SMILES string of the molecule is CCc1cc(N2CCN(Cc3cc(OC)cc(OC)c3)CC2)nc(C)n1. The summed E-state index contributed by atoms with van der Waals surface area (Å²) in [5.74, 6) is 3.57. The zero-order valence-electron chi connectivity index (χ0n) is 16.2. The van der Waals surface area contributed by atoms with Crippen molar-refractivity contribution >= 4 is 5.82 Å². The molecule has 1 aromatic heterocycles. The zero-order chi connectivity index (χ0) is 18.5. The Morgan fingerprint density at radius 1 is 0.923 bits per heavy atom. The summed E-state index contributed by atoms with van der Waals surface area (Å²) in [6.45, 7) is 8.95. The molecule has 1 aromatic carbocycles. The van der Waals surface area contributed by atoms with Gasteiger partial charge in [0.25, 0.3) is 0 Å². The molecule has 1 saturated heterocycles. The highest BCUT2D eigenvalue weighted by Gasteiger charge is 2.19. The number of ether oxygens (including phenoxy) is 2. The Hall–Kier alpha value is -2.34. The van der Waals surface area contributed by atoms with Gasteiger partial charge in [-0.25, -0.2) is 9.97 Å². The fourth-order valence-corrected chi connectivity index (χ4v) is 3.31. The number of anilines is 1. The molecule has 2 aromatic rings. The summed E-state index contributed by atoms with van der Waals surface area (Å²) in [7, 11) is 3.37. The summed E-state index contributed by atoms with van der Waals surface area (Å²) in [6.07, 6.45) is 0.938. The van der Waals surface area contributed by atoms with Crippen molar-refractivity contribution in [1.29, 1.82) is 0 Å². The second-order valence-corrected chi connectivity index (χ2v) is 6.60. The van der Waals surface area contributed by atoms with Gasteiger partial charge >= 0.3 is 0 Å². The zero-order valence-corrected chi connectivity index (χ0v) is 16.2. The van der Waals surface area contributed by atoms with Gasteiger partial charge in [0.15, 0.2) is 0 Å². The number of benzene rings is 1. The first kappa shape index (κ1) is 18.5. The number of piperazine rings is 1. The van der Waals surface area contributed by atoms with Gasteiger partial charge in [-0.2, -0.15) is 0 Å². The maximum absolute atomic E-state index is 5.37. The molecule has 0 saturated carbocycles. The van der Waals surface area contributed by atoms with E-state index in [9.17, 15) is 0 Å². The van der Waals surface area contributed by atoms with Crippen molar-refractivity contribution < 1.29 is 9.47 Å². The Morgan fingerprint density at radius 3 is 2.15 bits per heavy atom. The third-order valence-electron chi connectivity index (χ3n) is 4.75. The average molecular weight is 356 g/mol. The average Bonchev–Trinajstić information content (AvgIpc) is 2.67. The fourth-order valence-electron chi connectivity index (χ4n) is 3.31. The van der Waals surface area contributed by atoms with Gasteiger partial charge < -0.3 is 14.4 Å². The summed E-state index contributed by atoms with van der Waals surface area (Å²) in [5, 5.41) is 0. The van der Waals surface area contributed by atoms with E-state index in [1.165, 1.54) is 5.56 Å². The van der Waals surface area contributed by atoms with Crippen molar-refractivity contribution in [2.24, 2.45) is 0 Å². The Kier molecular flexibility index (Phi) is 5.93. The van der Waals surface area contributed by atoms with Crippen LogP contribution in [0.3, 0.4) is 0 Å². The molecule has 0 aliphatic carbocycles. The van der Waals surface area contributed by atoms with Gasteiger partial charge in [-0.15, -0.1) is 0 Å². The quantitative estimate of drug-likeness (QED) is 0.793. The highest BCUT2D eigenvalue weighted by atomic mass is 16.5. The second-order valence-electron chi connectivity index (χ2n) is 6.60. The second kappa shape index (κ2) is 8.36. The van der Waals surface area contributed by atoms with Crippen LogP contribution in [0.2, 0.25) is 0 Å². The van der Waals surface area contributed by atoms with Crippen LogP contribution in [-0.2, 0) is 13.0 Å². The van der Waals surface area contributed by atoms with Crippen LogP contribution in [0.4, 0.5) is 5.82 Å². The molecule has 1 aliphatic heterocycles. The minimum Gasteiger partial charge on any atom is -0.497 e. The van der Waals surface area contributed by atoms with Crippen LogP contribution >= 0.6 is 0 Å². The van der Waals surface area contributed by atoms with Gasteiger partial charge in [0.05, 0.1) is 14.2 Å². The van der Waals surface area contributed by atoms with Crippen LogP contribution in [0, 0.1) is 6.92 Å². The first-order valence-electron chi connectivity index (χ1n) is 9.15. The number of rotatable bonds is 6. The standard InChI is InChI=1S/C20H28N4O2/c1-5-17-12-20(22-15(2)21-17)24-8-6-23(7-9-24)14-16-10-18(25-3)13-19(11-16)26-4/h10-13H,5-9,14H2,1-4H3. The predicted molar refractivity (Wildman–Crippen MR) is 103 cm³/mol. The fraction of sp³-hybridized carbons (Fsp3) is 0.500. The van der Waals surface area contributed by atoms with Crippen molar-refractivity contribution in [3.63, 3.8) is 0 Å².